The molecule has 0 aromatic rings. The van der Waals surface area contributed by atoms with Gasteiger partial charge in [0.25, 0.3) is 0 Å². The van der Waals surface area contributed by atoms with E-state index in [4.69, 9.17) is 10.9 Å². The Bertz CT molecular complexity index is 206. The van der Waals surface area contributed by atoms with Crippen LogP contribution in [-0.2, 0) is 4.79 Å². The zero-order valence-electron chi connectivity index (χ0n) is 6.49. The molecule has 6 nitrogen and oxygen atoms in total. The fraction of sp³-hybridized carbons (Fsp3) is 0.667. The lowest BCUT2D eigenvalue weighted by Crippen LogP contribution is -2.41. The summed E-state index contributed by atoms with van der Waals surface area (Å²) in [6.45, 7) is 0.679. The van der Waals surface area contributed by atoms with Crippen molar-refractivity contribution in [2.45, 2.75) is 6.42 Å². The molecule has 1 aliphatic rings. The van der Waals surface area contributed by atoms with Crippen molar-refractivity contribution in [2.75, 3.05) is 13.1 Å². The van der Waals surface area contributed by atoms with Crippen molar-refractivity contribution in [2.24, 2.45) is 11.8 Å². The predicted molar refractivity (Wildman–Crippen MR) is 40.0 cm³/mol. The van der Waals surface area contributed by atoms with Crippen molar-refractivity contribution in [1.29, 1.82) is 0 Å². The third kappa shape index (κ3) is 1.85. The third-order valence-electron chi connectivity index (χ3n) is 1.83. The molecule has 1 heterocycles. The first-order valence-corrected chi connectivity index (χ1v) is 3.64. The second-order valence-corrected chi connectivity index (χ2v) is 2.71. The summed E-state index contributed by atoms with van der Waals surface area (Å²) in [5.74, 6) is 4.71. The molecule has 0 spiro atoms. The lowest BCUT2D eigenvalue weighted by Gasteiger charge is -2.14. The number of rotatable bonds is 2. The molecule has 0 bridgehead atoms. The van der Waals surface area contributed by atoms with Gasteiger partial charge in [-0.2, -0.15) is 0 Å². The largest absolute Gasteiger partial charge is 0.464 e. The lowest BCUT2D eigenvalue weighted by atomic mass is 10.1. The Balaban J connectivity index is 2.40. The summed E-state index contributed by atoms with van der Waals surface area (Å²) in [4.78, 5) is 21.2. The maximum atomic E-state index is 10.9. The number of nitrogens with one attached hydrogen (secondary N) is 1. The van der Waals surface area contributed by atoms with Crippen LogP contribution in [0, 0.1) is 5.92 Å². The van der Waals surface area contributed by atoms with E-state index in [2.05, 4.69) is 5.32 Å². The minimum atomic E-state index is -1.21. The number of hydrazine groups is 1. The number of carboxylic acid groups (broad SMARTS) is 1. The zero-order valence-corrected chi connectivity index (χ0v) is 6.49. The van der Waals surface area contributed by atoms with Crippen LogP contribution in [0.3, 0.4) is 0 Å². The van der Waals surface area contributed by atoms with Crippen LogP contribution in [0.2, 0.25) is 0 Å². The quantitative estimate of drug-likeness (QED) is 0.283. The maximum Gasteiger partial charge on any atom is 0.421 e. The summed E-state index contributed by atoms with van der Waals surface area (Å²) in [7, 11) is 0. The van der Waals surface area contributed by atoms with Crippen molar-refractivity contribution in [3.05, 3.63) is 0 Å². The number of carbonyl (C=O) groups excluding carboxylic acids is 1. The fourth-order valence-electron chi connectivity index (χ4n) is 1.13. The molecule has 0 aromatic carbocycles. The zero-order chi connectivity index (χ0) is 9.14. The van der Waals surface area contributed by atoms with Crippen LogP contribution in [0.1, 0.15) is 6.42 Å². The molecule has 2 amide bonds. The van der Waals surface area contributed by atoms with Crippen molar-refractivity contribution < 1.29 is 14.7 Å². The van der Waals surface area contributed by atoms with Gasteiger partial charge in [0.05, 0.1) is 12.5 Å². The highest BCUT2D eigenvalue weighted by Crippen LogP contribution is 2.09. The minimum Gasteiger partial charge on any atom is -0.464 e. The molecule has 0 radical (unpaired) electrons. The molecule has 68 valence electrons. The van der Waals surface area contributed by atoms with Crippen LogP contribution in [0.4, 0.5) is 4.79 Å². The van der Waals surface area contributed by atoms with Crippen LogP contribution in [0.25, 0.3) is 0 Å². The second-order valence-electron chi connectivity index (χ2n) is 2.71. The first-order valence-electron chi connectivity index (χ1n) is 3.64. The van der Waals surface area contributed by atoms with Gasteiger partial charge in [-0.05, 0) is 6.42 Å². The Morgan fingerprint density at radius 3 is 2.92 bits per heavy atom. The van der Waals surface area contributed by atoms with E-state index in [1.807, 2.05) is 0 Å². The average molecular weight is 173 g/mol. The molecule has 1 saturated heterocycles. The Morgan fingerprint density at radius 2 is 2.50 bits per heavy atom. The van der Waals surface area contributed by atoms with Gasteiger partial charge in [0, 0.05) is 6.54 Å². The fourth-order valence-corrected chi connectivity index (χ4v) is 1.13. The van der Waals surface area contributed by atoms with E-state index in [1.165, 1.54) is 0 Å². The highest BCUT2D eigenvalue weighted by molar-refractivity contribution is 5.81. The molecule has 0 saturated carbocycles. The number of hydrogen-bond acceptors (Lipinski definition) is 3. The molecular weight excluding hydrogens is 162 g/mol. The van der Waals surface area contributed by atoms with Crippen LogP contribution in [-0.4, -0.2) is 35.2 Å². The summed E-state index contributed by atoms with van der Waals surface area (Å²) in [6, 6.07) is 0. The van der Waals surface area contributed by atoms with Gasteiger partial charge in [0.2, 0.25) is 5.91 Å². The molecule has 1 unspecified atom stereocenters. The van der Waals surface area contributed by atoms with E-state index < -0.39 is 6.09 Å². The van der Waals surface area contributed by atoms with Crippen molar-refractivity contribution in [3.63, 3.8) is 0 Å². The molecule has 12 heavy (non-hydrogen) atoms. The van der Waals surface area contributed by atoms with E-state index in [-0.39, 0.29) is 18.4 Å². The minimum absolute atomic E-state index is 0.0706. The molecule has 1 fully saturated rings. The maximum absolute atomic E-state index is 10.9. The Kier molecular flexibility index (Phi) is 2.49. The number of nitrogens with zero attached hydrogens (tertiary/aromatic N) is 1. The van der Waals surface area contributed by atoms with Crippen molar-refractivity contribution >= 4 is 12.0 Å². The SMILES string of the molecule is NN(CC1CCNC1=O)C(=O)O. The van der Waals surface area contributed by atoms with Crippen LogP contribution in [0.5, 0.6) is 0 Å². The Morgan fingerprint density at radius 1 is 1.83 bits per heavy atom. The van der Waals surface area contributed by atoms with Gasteiger partial charge in [-0.15, -0.1) is 0 Å². The first kappa shape index (κ1) is 8.79. The van der Waals surface area contributed by atoms with Gasteiger partial charge >= 0.3 is 6.09 Å². The smallest absolute Gasteiger partial charge is 0.421 e. The molecule has 1 aliphatic heterocycles. The molecule has 1 atom stereocenters. The van der Waals surface area contributed by atoms with E-state index in [0.717, 1.165) is 0 Å². The molecule has 4 N–H and O–H groups in total. The normalized spacial score (nSPS) is 22.1. The average Bonchev–Trinajstić information content (AvgIpc) is 2.36. The van der Waals surface area contributed by atoms with E-state index in [1.54, 1.807) is 0 Å². The van der Waals surface area contributed by atoms with Crippen LogP contribution >= 0.6 is 0 Å². The van der Waals surface area contributed by atoms with E-state index in [0.29, 0.717) is 18.0 Å². The summed E-state index contributed by atoms with van der Waals surface area (Å²) in [5, 5.41) is 11.6. The van der Waals surface area contributed by atoms with E-state index in [9.17, 15) is 9.59 Å². The molecular formula is C6H11N3O3. The van der Waals surface area contributed by atoms with Crippen molar-refractivity contribution in [3.8, 4) is 0 Å². The lowest BCUT2D eigenvalue weighted by molar-refractivity contribution is -0.122. The van der Waals surface area contributed by atoms with Gasteiger partial charge in [-0.3, -0.25) is 4.79 Å². The number of amides is 2. The summed E-state index contributed by atoms with van der Waals surface area (Å²) >= 11 is 0. The monoisotopic (exact) mass is 173 g/mol. The second kappa shape index (κ2) is 3.40. The van der Waals surface area contributed by atoms with Crippen LogP contribution in [0.15, 0.2) is 0 Å². The first-order chi connectivity index (χ1) is 5.61. The molecule has 0 aliphatic carbocycles. The topological polar surface area (TPSA) is 95.7 Å². The van der Waals surface area contributed by atoms with Crippen LogP contribution < -0.4 is 11.2 Å². The number of carbonyl (C=O) groups is 2. The van der Waals surface area contributed by atoms with Gasteiger partial charge in [-0.1, -0.05) is 0 Å². The molecule has 1 rings (SSSR count). The van der Waals surface area contributed by atoms with Crippen molar-refractivity contribution in [1.82, 2.24) is 10.3 Å². The molecule has 0 aromatic heterocycles. The summed E-state index contributed by atoms with van der Waals surface area (Å²) in [5.41, 5.74) is 0. The standard InChI is InChI=1S/C6H11N3O3/c7-9(6(11)12)3-4-1-2-8-5(4)10/h4H,1-3,7H2,(H,8,10)(H,11,12). The number of hydrogen-bond donors (Lipinski definition) is 3. The van der Waals surface area contributed by atoms with E-state index >= 15 is 0 Å². The Hall–Kier alpha value is -1.30. The summed E-state index contributed by atoms with van der Waals surface area (Å²) in [6.07, 6.45) is -0.561. The van der Waals surface area contributed by atoms with Gasteiger partial charge in [-0.25, -0.2) is 15.6 Å². The highest BCUT2D eigenvalue weighted by atomic mass is 16.4. The number of nitrogens with two attached hydrogens (primary N) is 1. The molecule has 6 heteroatoms. The predicted octanol–water partition coefficient (Wildman–Crippen LogP) is -1.02. The third-order valence-corrected chi connectivity index (χ3v) is 1.83. The Labute approximate surface area is 69.3 Å². The highest BCUT2D eigenvalue weighted by Gasteiger charge is 2.26. The van der Waals surface area contributed by atoms with Gasteiger partial charge in [0.15, 0.2) is 0 Å². The van der Waals surface area contributed by atoms with Gasteiger partial charge < -0.3 is 10.4 Å². The summed E-state index contributed by atoms with van der Waals surface area (Å²) < 4.78 is 0. The van der Waals surface area contributed by atoms with Gasteiger partial charge in [0.1, 0.15) is 0 Å².